The number of fused-ring (bicyclic) bond motifs is 13. The van der Waals surface area contributed by atoms with E-state index in [9.17, 15) is 0 Å². The standard InChI is InChI=1S/C52H39N/c1-51(2)45-31-34-16-10-13-21-41(34)50(46(45)44-28-23-33-15-9-12-20-39(33)49(44)51)53(36-17-6-5-7-18-36)37-25-29-40-35(30-37)24-27-43-42-26-22-32-14-8-11-19-38(32)47(42)52(3,4)48(40)43/h5-31H,1-4H3. The minimum atomic E-state index is -0.179. The Balaban J connectivity index is 1.19. The van der Waals surface area contributed by atoms with Crippen molar-refractivity contribution in [3.05, 3.63) is 186 Å². The van der Waals surface area contributed by atoms with Gasteiger partial charge < -0.3 is 4.90 Å². The van der Waals surface area contributed by atoms with Crippen molar-refractivity contribution in [1.82, 2.24) is 0 Å². The first-order valence-corrected chi connectivity index (χ1v) is 18.9. The van der Waals surface area contributed by atoms with Gasteiger partial charge in [-0.3, -0.25) is 0 Å². The number of anilines is 3. The first-order valence-electron chi connectivity index (χ1n) is 18.9. The molecule has 1 heteroatoms. The Morgan fingerprint density at radius 3 is 1.51 bits per heavy atom. The Morgan fingerprint density at radius 2 is 0.849 bits per heavy atom. The molecule has 11 rings (SSSR count). The van der Waals surface area contributed by atoms with Crippen LogP contribution in [0.15, 0.2) is 164 Å². The predicted octanol–water partition coefficient (Wildman–Crippen LogP) is 14.4. The lowest BCUT2D eigenvalue weighted by atomic mass is 9.78. The highest BCUT2D eigenvalue weighted by molar-refractivity contribution is 6.13. The van der Waals surface area contributed by atoms with Gasteiger partial charge in [0, 0.05) is 33.2 Å². The molecule has 0 atom stereocenters. The summed E-state index contributed by atoms with van der Waals surface area (Å²) < 4.78 is 0. The van der Waals surface area contributed by atoms with Crippen LogP contribution in [0.25, 0.3) is 65.3 Å². The molecule has 9 aromatic rings. The molecule has 0 aromatic heterocycles. The molecule has 0 amide bonds. The van der Waals surface area contributed by atoms with Crippen molar-refractivity contribution in [1.29, 1.82) is 0 Å². The van der Waals surface area contributed by atoms with Crippen molar-refractivity contribution >= 4 is 60.2 Å². The van der Waals surface area contributed by atoms with Crippen LogP contribution < -0.4 is 4.90 Å². The number of nitrogens with zero attached hydrogens (tertiary/aromatic N) is 1. The van der Waals surface area contributed by atoms with Gasteiger partial charge in [-0.05, 0) is 107 Å². The molecule has 1 nitrogen and oxygen atoms in total. The summed E-state index contributed by atoms with van der Waals surface area (Å²) in [6.45, 7) is 9.65. The van der Waals surface area contributed by atoms with Gasteiger partial charge in [0.05, 0.1) is 5.69 Å². The van der Waals surface area contributed by atoms with Gasteiger partial charge >= 0.3 is 0 Å². The third-order valence-corrected chi connectivity index (χ3v) is 12.5. The lowest BCUT2D eigenvalue weighted by Gasteiger charge is -2.31. The molecule has 0 saturated carbocycles. The molecule has 9 aromatic carbocycles. The van der Waals surface area contributed by atoms with Gasteiger partial charge in [0.2, 0.25) is 0 Å². The smallest absolute Gasteiger partial charge is 0.0621 e. The predicted molar refractivity (Wildman–Crippen MR) is 226 cm³/mol. The van der Waals surface area contributed by atoms with E-state index in [4.69, 9.17) is 0 Å². The lowest BCUT2D eigenvalue weighted by molar-refractivity contribution is 0.667. The fourth-order valence-electron chi connectivity index (χ4n) is 10.2. The average Bonchev–Trinajstić information content (AvgIpc) is 3.57. The van der Waals surface area contributed by atoms with Crippen molar-refractivity contribution in [2.45, 2.75) is 38.5 Å². The van der Waals surface area contributed by atoms with Crippen LogP contribution in [0.4, 0.5) is 17.1 Å². The second kappa shape index (κ2) is 10.7. The zero-order valence-electron chi connectivity index (χ0n) is 30.5. The third kappa shape index (κ3) is 4.08. The van der Waals surface area contributed by atoms with E-state index in [2.05, 4.69) is 196 Å². The first kappa shape index (κ1) is 30.4. The molecule has 252 valence electrons. The van der Waals surface area contributed by atoms with Gasteiger partial charge in [-0.2, -0.15) is 0 Å². The maximum Gasteiger partial charge on any atom is 0.0621 e. The molecule has 0 N–H and O–H groups in total. The van der Waals surface area contributed by atoms with E-state index in [1.54, 1.807) is 0 Å². The number of para-hydroxylation sites is 1. The van der Waals surface area contributed by atoms with Gasteiger partial charge in [0.15, 0.2) is 0 Å². The van der Waals surface area contributed by atoms with E-state index in [0.29, 0.717) is 0 Å². The van der Waals surface area contributed by atoms with Gasteiger partial charge in [0.1, 0.15) is 0 Å². The zero-order valence-corrected chi connectivity index (χ0v) is 30.5. The van der Waals surface area contributed by atoms with Crippen LogP contribution in [0.2, 0.25) is 0 Å². The highest BCUT2D eigenvalue weighted by Crippen LogP contribution is 2.59. The molecule has 0 radical (unpaired) electrons. The molecule has 0 fully saturated rings. The van der Waals surface area contributed by atoms with Gasteiger partial charge in [-0.15, -0.1) is 0 Å². The van der Waals surface area contributed by atoms with Crippen molar-refractivity contribution in [2.24, 2.45) is 0 Å². The van der Waals surface area contributed by atoms with Crippen LogP contribution in [-0.2, 0) is 10.8 Å². The van der Waals surface area contributed by atoms with Crippen molar-refractivity contribution < 1.29 is 0 Å². The Morgan fingerprint density at radius 1 is 0.358 bits per heavy atom. The molecule has 0 bridgehead atoms. The Hall–Kier alpha value is -6.18. The summed E-state index contributed by atoms with van der Waals surface area (Å²) in [5.74, 6) is 0. The van der Waals surface area contributed by atoms with E-state index < -0.39 is 0 Å². The number of benzene rings is 9. The number of rotatable bonds is 3. The highest BCUT2D eigenvalue weighted by Gasteiger charge is 2.41. The average molecular weight is 678 g/mol. The fourth-order valence-corrected chi connectivity index (χ4v) is 10.2. The Labute approximate surface area is 310 Å². The minimum absolute atomic E-state index is 0.139. The van der Waals surface area contributed by atoms with Gasteiger partial charge in [-0.25, -0.2) is 0 Å². The largest absolute Gasteiger partial charge is 0.309 e. The van der Waals surface area contributed by atoms with Crippen LogP contribution in [-0.4, -0.2) is 0 Å². The van der Waals surface area contributed by atoms with Crippen LogP contribution in [0.1, 0.15) is 49.9 Å². The van der Waals surface area contributed by atoms with Crippen molar-refractivity contribution in [3.63, 3.8) is 0 Å². The second-order valence-corrected chi connectivity index (χ2v) is 16.1. The highest BCUT2D eigenvalue weighted by atomic mass is 15.1. The summed E-state index contributed by atoms with van der Waals surface area (Å²) in [6.07, 6.45) is 0. The summed E-state index contributed by atoms with van der Waals surface area (Å²) >= 11 is 0. The molecule has 2 aliphatic rings. The van der Waals surface area contributed by atoms with E-state index >= 15 is 0 Å². The van der Waals surface area contributed by atoms with Crippen LogP contribution in [0.3, 0.4) is 0 Å². The topological polar surface area (TPSA) is 3.24 Å². The van der Waals surface area contributed by atoms with E-state index in [-0.39, 0.29) is 10.8 Å². The van der Waals surface area contributed by atoms with Gasteiger partial charge in [-0.1, -0.05) is 161 Å². The van der Waals surface area contributed by atoms with Crippen LogP contribution in [0, 0.1) is 0 Å². The summed E-state index contributed by atoms with van der Waals surface area (Å²) in [6, 6.07) is 61.3. The summed E-state index contributed by atoms with van der Waals surface area (Å²) in [4.78, 5) is 2.53. The molecule has 53 heavy (non-hydrogen) atoms. The summed E-state index contributed by atoms with van der Waals surface area (Å²) in [7, 11) is 0. The summed E-state index contributed by atoms with van der Waals surface area (Å²) in [5.41, 5.74) is 14.3. The van der Waals surface area contributed by atoms with E-state index in [1.165, 1.54) is 93.3 Å². The SMILES string of the molecule is CC1(C)c2cc3ccccc3c(N(c3ccccc3)c3ccc4c5c(ccc4c3)-c3ccc4ccccc4c3C5(C)C)c2-c2ccc3ccccc3c21. The van der Waals surface area contributed by atoms with E-state index in [1.807, 2.05) is 0 Å². The Kier molecular flexibility index (Phi) is 6.14. The normalized spacial score (nSPS) is 14.7. The second-order valence-electron chi connectivity index (χ2n) is 16.1. The summed E-state index contributed by atoms with van der Waals surface area (Å²) in [5, 5.41) is 10.4. The van der Waals surface area contributed by atoms with Crippen LogP contribution in [0.5, 0.6) is 0 Å². The van der Waals surface area contributed by atoms with Crippen LogP contribution >= 0.6 is 0 Å². The molecule has 0 unspecified atom stereocenters. The zero-order chi connectivity index (χ0) is 35.6. The molecular formula is C52H39N. The van der Waals surface area contributed by atoms with E-state index in [0.717, 1.165) is 11.4 Å². The first-order chi connectivity index (χ1) is 25.8. The lowest BCUT2D eigenvalue weighted by Crippen LogP contribution is -2.17. The fraction of sp³-hybridized carbons (Fsp3) is 0.115. The number of hydrogen-bond donors (Lipinski definition) is 0. The molecule has 0 heterocycles. The maximum absolute atomic E-state index is 2.53. The molecule has 0 spiro atoms. The van der Waals surface area contributed by atoms with Gasteiger partial charge in [0.25, 0.3) is 0 Å². The monoisotopic (exact) mass is 677 g/mol. The van der Waals surface area contributed by atoms with Crippen molar-refractivity contribution in [3.8, 4) is 22.3 Å². The third-order valence-electron chi connectivity index (χ3n) is 12.5. The molecule has 0 saturated heterocycles. The minimum Gasteiger partial charge on any atom is -0.309 e. The number of hydrogen-bond acceptors (Lipinski definition) is 1. The Bertz CT molecular complexity index is 3000. The molecule has 2 aliphatic carbocycles. The van der Waals surface area contributed by atoms with Crippen molar-refractivity contribution in [2.75, 3.05) is 4.90 Å². The quantitative estimate of drug-likeness (QED) is 0.180. The molecule has 0 aliphatic heterocycles. The molecular weight excluding hydrogens is 639 g/mol. The maximum atomic E-state index is 2.53.